The van der Waals surface area contributed by atoms with Crippen molar-refractivity contribution in [2.24, 2.45) is 0 Å². The van der Waals surface area contributed by atoms with E-state index in [9.17, 15) is 9.59 Å². The van der Waals surface area contributed by atoms with Gasteiger partial charge in [0, 0.05) is 29.4 Å². The monoisotopic (exact) mass is 423 g/mol. The van der Waals surface area contributed by atoms with Crippen LogP contribution in [0.15, 0.2) is 42.5 Å². The van der Waals surface area contributed by atoms with Crippen LogP contribution in [0.25, 0.3) is 11.4 Å². The standard InChI is InChI=1S/C21H21N5O5/c1-29-14-6-4-12(5-7-14)19-24-21-23-18(27)11-17(26(21)25-19)20(28)22-13-8-15(30-2)10-16(9-13)31-3/h4-10,17H,11H2,1-3H3,(H,22,28)(H,23,24,25,27). The molecule has 10 nitrogen and oxygen atoms in total. The number of aromatic nitrogens is 3. The zero-order valence-electron chi connectivity index (χ0n) is 17.2. The van der Waals surface area contributed by atoms with Crippen molar-refractivity contribution in [1.29, 1.82) is 0 Å². The molecule has 1 atom stereocenters. The number of ether oxygens (including phenoxy) is 3. The Hall–Kier alpha value is -4.08. The largest absolute Gasteiger partial charge is 0.497 e. The molecule has 0 saturated heterocycles. The zero-order chi connectivity index (χ0) is 22.0. The van der Waals surface area contributed by atoms with E-state index in [4.69, 9.17) is 14.2 Å². The van der Waals surface area contributed by atoms with Crippen LogP contribution >= 0.6 is 0 Å². The maximum atomic E-state index is 13.0. The molecule has 2 heterocycles. The fraction of sp³-hybridized carbons (Fsp3) is 0.238. The molecular weight excluding hydrogens is 402 g/mol. The first kappa shape index (κ1) is 20.2. The van der Waals surface area contributed by atoms with Crippen molar-refractivity contribution in [3.05, 3.63) is 42.5 Å². The topological polar surface area (TPSA) is 117 Å². The van der Waals surface area contributed by atoms with Crippen molar-refractivity contribution in [3.8, 4) is 28.6 Å². The minimum atomic E-state index is -0.861. The van der Waals surface area contributed by atoms with Gasteiger partial charge in [-0.1, -0.05) is 0 Å². The van der Waals surface area contributed by atoms with Gasteiger partial charge in [0.15, 0.2) is 5.82 Å². The summed E-state index contributed by atoms with van der Waals surface area (Å²) in [5.41, 5.74) is 1.21. The van der Waals surface area contributed by atoms with Crippen LogP contribution in [0.1, 0.15) is 12.5 Å². The number of anilines is 2. The zero-order valence-corrected chi connectivity index (χ0v) is 17.2. The van der Waals surface area contributed by atoms with Crippen molar-refractivity contribution in [1.82, 2.24) is 14.8 Å². The van der Waals surface area contributed by atoms with Crippen LogP contribution in [-0.2, 0) is 9.59 Å². The molecule has 0 radical (unpaired) electrons. The van der Waals surface area contributed by atoms with Crippen molar-refractivity contribution in [2.45, 2.75) is 12.5 Å². The number of hydrogen-bond acceptors (Lipinski definition) is 7. The van der Waals surface area contributed by atoms with Gasteiger partial charge in [-0.2, -0.15) is 4.98 Å². The summed E-state index contributed by atoms with van der Waals surface area (Å²) in [6, 6.07) is 11.3. The Morgan fingerprint density at radius 1 is 1.03 bits per heavy atom. The number of amides is 2. The van der Waals surface area contributed by atoms with E-state index in [1.165, 1.54) is 18.9 Å². The predicted molar refractivity (Wildman–Crippen MR) is 112 cm³/mol. The second-order valence-electron chi connectivity index (χ2n) is 6.79. The number of methoxy groups -OCH3 is 3. The highest BCUT2D eigenvalue weighted by Crippen LogP contribution is 2.30. The average molecular weight is 423 g/mol. The minimum absolute atomic E-state index is 0.0641. The first-order valence-corrected chi connectivity index (χ1v) is 9.45. The van der Waals surface area contributed by atoms with E-state index in [2.05, 4.69) is 20.7 Å². The van der Waals surface area contributed by atoms with Crippen LogP contribution in [0, 0.1) is 0 Å². The number of nitrogens with one attached hydrogen (secondary N) is 2. The van der Waals surface area contributed by atoms with Gasteiger partial charge in [0.2, 0.25) is 17.8 Å². The Morgan fingerprint density at radius 2 is 1.68 bits per heavy atom. The quantitative estimate of drug-likeness (QED) is 0.626. The van der Waals surface area contributed by atoms with E-state index in [1.54, 1.807) is 49.6 Å². The Morgan fingerprint density at radius 3 is 2.29 bits per heavy atom. The van der Waals surface area contributed by atoms with Crippen LogP contribution in [-0.4, -0.2) is 47.9 Å². The van der Waals surface area contributed by atoms with Gasteiger partial charge in [-0.25, -0.2) is 4.68 Å². The number of rotatable bonds is 6. The second kappa shape index (κ2) is 8.34. The summed E-state index contributed by atoms with van der Waals surface area (Å²) in [6.07, 6.45) is -0.0641. The Bertz CT molecular complexity index is 1100. The second-order valence-corrected chi connectivity index (χ2v) is 6.79. The lowest BCUT2D eigenvalue weighted by Gasteiger charge is -2.22. The van der Waals surface area contributed by atoms with Crippen LogP contribution in [0.2, 0.25) is 0 Å². The van der Waals surface area contributed by atoms with Gasteiger partial charge in [0.1, 0.15) is 23.3 Å². The van der Waals surface area contributed by atoms with Crippen LogP contribution < -0.4 is 24.8 Å². The lowest BCUT2D eigenvalue weighted by atomic mass is 10.1. The van der Waals surface area contributed by atoms with E-state index in [0.29, 0.717) is 28.8 Å². The third-order valence-electron chi connectivity index (χ3n) is 4.83. The maximum absolute atomic E-state index is 13.0. The highest BCUT2D eigenvalue weighted by molar-refractivity contribution is 6.01. The SMILES string of the molecule is COc1ccc(-c2nc3n(n2)C(C(=O)Nc2cc(OC)cc(OC)c2)CC(=O)N3)cc1. The van der Waals surface area contributed by atoms with Crippen LogP contribution in [0.3, 0.4) is 0 Å². The van der Waals surface area contributed by atoms with Gasteiger partial charge in [0.05, 0.1) is 27.8 Å². The third-order valence-corrected chi connectivity index (χ3v) is 4.83. The molecule has 1 unspecified atom stereocenters. The summed E-state index contributed by atoms with van der Waals surface area (Å²) in [5, 5.41) is 9.93. The van der Waals surface area contributed by atoms with Gasteiger partial charge in [-0.3, -0.25) is 14.9 Å². The summed E-state index contributed by atoms with van der Waals surface area (Å²) >= 11 is 0. The molecule has 160 valence electrons. The van der Waals surface area contributed by atoms with E-state index in [0.717, 1.165) is 5.56 Å². The number of carbonyl (C=O) groups excluding carboxylic acids is 2. The number of fused-ring (bicyclic) bond motifs is 1. The van der Waals surface area contributed by atoms with Crippen LogP contribution in [0.4, 0.5) is 11.6 Å². The molecule has 1 aromatic heterocycles. The highest BCUT2D eigenvalue weighted by Gasteiger charge is 2.33. The molecule has 2 N–H and O–H groups in total. The summed E-state index contributed by atoms with van der Waals surface area (Å²) in [5.74, 6) is 1.64. The predicted octanol–water partition coefficient (Wildman–Crippen LogP) is 2.49. The van der Waals surface area contributed by atoms with E-state index in [1.807, 2.05) is 0 Å². The molecule has 0 fully saturated rings. The minimum Gasteiger partial charge on any atom is -0.497 e. The van der Waals surface area contributed by atoms with E-state index in [-0.39, 0.29) is 18.3 Å². The molecule has 0 saturated carbocycles. The fourth-order valence-corrected chi connectivity index (χ4v) is 3.23. The summed E-state index contributed by atoms with van der Waals surface area (Å²) in [7, 11) is 4.63. The van der Waals surface area contributed by atoms with Gasteiger partial charge in [0.25, 0.3) is 0 Å². The van der Waals surface area contributed by atoms with Crippen LogP contribution in [0.5, 0.6) is 17.2 Å². The fourth-order valence-electron chi connectivity index (χ4n) is 3.23. The summed E-state index contributed by atoms with van der Waals surface area (Å²) in [4.78, 5) is 29.6. The maximum Gasteiger partial charge on any atom is 0.249 e. The molecule has 0 bridgehead atoms. The molecule has 4 rings (SSSR count). The third kappa shape index (κ3) is 4.13. The van der Waals surface area contributed by atoms with Gasteiger partial charge < -0.3 is 19.5 Å². The van der Waals surface area contributed by atoms with E-state index >= 15 is 0 Å². The number of nitrogens with zero attached hydrogens (tertiary/aromatic N) is 3. The lowest BCUT2D eigenvalue weighted by Crippen LogP contribution is -2.36. The molecule has 1 aliphatic heterocycles. The first-order chi connectivity index (χ1) is 15.0. The highest BCUT2D eigenvalue weighted by atomic mass is 16.5. The molecule has 0 spiro atoms. The smallest absolute Gasteiger partial charge is 0.249 e. The molecule has 3 aromatic rings. The van der Waals surface area contributed by atoms with Gasteiger partial charge in [-0.15, -0.1) is 5.10 Å². The molecule has 31 heavy (non-hydrogen) atoms. The van der Waals surface area contributed by atoms with Crippen molar-refractivity contribution < 1.29 is 23.8 Å². The molecular formula is C21H21N5O5. The van der Waals surface area contributed by atoms with Crippen molar-refractivity contribution in [2.75, 3.05) is 32.0 Å². The lowest BCUT2D eigenvalue weighted by molar-refractivity contribution is -0.125. The molecule has 10 heteroatoms. The molecule has 2 amide bonds. The average Bonchev–Trinajstić information content (AvgIpc) is 3.22. The van der Waals surface area contributed by atoms with Crippen molar-refractivity contribution >= 4 is 23.5 Å². The number of benzene rings is 2. The Balaban J connectivity index is 1.62. The number of carbonyl (C=O) groups is 2. The summed E-state index contributed by atoms with van der Waals surface area (Å²) < 4.78 is 17.1. The Kier molecular flexibility index (Phi) is 5.44. The van der Waals surface area contributed by atoms with Gasteiger partial charge >= 0.3 is 0 Å². The first-order valence-electron chi connectivity index (χ1n) is 9.45. The van der Waals surface area contributed by atoms with Crippen molar-refractivity contribution in [3.63, 3.8) is 0 Å². The molecule has 0 aliphatic carbocycles. The Labute approximate surface area is 178 Å². The van der Waals surface area contributed by atoms with Gasteiger partial charge in [-0.05, 0) is 24.3 Å². The summed E-state index contributed by atoms with van der Waals surface area (Å²) in [6.45, 7) is 0. The molecule has 2 aromatic carbocycles. The molecule has 1 aliphatic rings. The normalized spacial score (nSPS) is 14.9. The number of hydrogen-bond donors (Lipinski definition) is 2. The van der Waals surface area contributed by atoms with E-state index < -0.39 is 11.9 Å².